The zero-order valence-corrected chi connectivity index (χ0v) is 15.1. The summed E-state index contributed by atoms with van der Waals surface area (Å²) in [6.45, 7) is 6.05. The van der Waals surface area contributed by atoms with Gasteiger partial charge < -0.3 is 0 Å². The molecule has 0 N–H and O–H groups in total. The zero-order valence-electron chi connectivity index (χ0n) is 14.3. The minimum Gasteiger partial charge on any atom is -0.118 e. The van der Waals surface area contributed by atoms with E-state index < -0.39 is 0 Å². The molecule has 1 aromatic rings. The number of unbranched alkanes of at least 4 members (excludes halogenated alkanes) is 9. The third kappa shape index (κ3) is 8.63. The van der Waals surface area contributed by atoms with Gasteiger partial charge in [-0.05, 0) is 17.5 Å². The Hall–Kier alpha value is -0.750. The molecule has 0 saturated carbocycles. The van der Waals surface area contributed by atoms with Crippen molar-refractivity contribution in [3.63, 3.8) is 0 Å². The first-order valence-corrected chi connectivity index (χ1v) is 9.58. The second-order valence-corrected chi connectivity index (χ2v) is 6.84. The molecule has 1 atom stereocenters. The summed E-state index contributed by atoms with van der Waals surface area (Å²) in [5.41, 5.74) is 2.40. The van der Waals surface area contributed by atoms with Gasteiger partial charge in [0.25, 0.3) is 0 Å². The Kier molecular flexibility index (Phi) is 11.2. The van der Waals surface area contributed by atoms with Gasteiger partial charge in [-0.2, -0.15) is 0 Å². The van der Waals surface area contributed by atoms with Crippen molar-refractivity contribution in [3.05, 3.63) is 42.0 Å². The highest BCUT2D eigenvalue weighted by Crippen LogP contribution is 2.27. The lowest BCUT2D eigenvalue weighted by Crippen LogP contribution is -1.91. The topological polar surface area (TPSA) is 0 Å². The fraction of sp³-hybridized carbons (Fsp3) is 0.619. The van der Waals surface area contributed by atoms with Crippen molar-refractivity contribution in [3.8, 4) is 0 Å². The molecule has 1 heteroatoms. The van der Waals surface area contributed by atoms with E-state index in [1.807, 2.05) is 6.08 Å². The summed E-state index contributed by atoms with van der Waals surface area (Å²) in [4.78, 5) is 0. The minimum atomic E-state index is 0.160. The van der Waals surface area contributed by atoms with Gasteiger partial charge in [0.1, 0.15) is 0 Å². The van der Waals surface area contributed by atoms with Crippen LogP contribution in [-0.2, 0) is 0 Å². The molecule has 1 unspecified atom stereocenters. The summed E-state index contributed by atoms with van der Waals surface area (Å²) in [6, 6.07) is 8.45. The van der Waals surface area contributed by atoms with Crippen molar-refractivity contribution in [2.75, 3.05) is 0 Å². The van der Waals surface area contributed by atoms with Crippen LogP contribution in [0.3, 0.4) is 0 Å². The van der Waals surface area contributed by atoms with Crippen molar-refractivity contribution in [1.82, 2.24) is 0 Å². The van der Waals surface area contributed by atoms with Gasteiger partial charge in [0.2, 0.25) is 0 Å². The number of hydrogen-bond acceptors (Lipinski definition) is 0. The average molecular weight is 321 g/mol. The van der Waals surface area contributed by atoms with Crippen LogP contribution in [0.1, 0.15) is 94.1 Å². The Morgan fingerprint density at radius 2 is 1.36 bits per heavy atom. The molecule has 0 bridgehead atoms. The van der Waals surface area contributed by atoms with Crippen molar-refractivity contribution in [2.45, 2.75) is 82.9 Å². The van der Waals surface area contributed by atoms with Crippen molar-refractivity contribution in [2.24, 2.45) is 0 Å². The van der Waals surface area contributed by atoms with Crippen molar-refractivity contribution >= 4 is 17.7 Å². The third-order valence-corrected chi connectivity index (χ3v) is 4.82. The maximum atomic E-state index is 6.49. The first kappa shape index (κ1) is 19.3. The van der Waals surface area contributed by atoms with Crippen LogP contribution in [0.5, 0.6) is 0 Å². The Labute approximate surface area is 143 Å². The van der Waals surface area contributed by atoms with Crippen LogP contribution in [0.15, 0.2) is 30.8 Å². The predicted octanol–water partition coefficient (Wildman–Crippen LogP) is 7.92. The molecule has 0 amide bonds. The summed E-state index contributed by atoms with van der Waals surface area (Å²) in [5, 5.41) is 0.160. The van der Waals surface area contributed by atoms with Crippen LogP contribution >= 0.6 is 11.6 Å². The van der Waals surface area contributed by atoms with E-state index in [2.05, 4.69) is 37.8 Å². The molecule has 0 fully saturated rings. The van der Waals surface area contributed by atoms with Gasteiger partial charge in [-0.15, -0.1) is 11.6 Å². The first-order chi connectivity index (χ1) is 10.8. The van der Waals surface area contributed by atoms with E-state index in [4.69, 9.17) is 11.6 Å². The van der Waals surface area contributed by atoms with E-state index in [0.717, 1.165) is 12.0 Å². The molecule has 0 aliphatic rings. The smallest absolute Gasteiger partial charge is 0.0585 e. The van der Waals surface area contributed by atoms with Gasteiger partial charge in [0.15, 0.2) is 0 Å². The van der Waals surface area contributed by atoms with Gasteiger partial charge >= 0.3 is 0 Å². The Balaban J connectivity index is 2.00. The molecule has 0 nitrogen and oxygen atoms in total. The molecule has 0 aliphatic heterocycles. The van der Waals surface area contributed by atoms with Crippen LogP contribution in [0.4, 0.5) is 0 Å². The highest BCUT2D eigenvalue weighted by atomic mass is 35.5. The quantitative estimate of drug-likeness (QED) is 0.256. The molecule has 0 aliphatic carbocycles. The molecular formula is C21H33Cl. The second-order valence-electron chi connectivity index (χ2n) is 6.31. The fourth-order valence-electron chi connectivity index (χ4n) is 2.82. The van der Waals surface area contributed by atoms with E-state index >= 15 is 0 Å². The monoisotopic (exact) mass is 320 g/mol. The van der Waals surface area contributed by atoms with Gasteiger partial charge in [-0.1, -0.05) is 108 Å². The predicted molar refractivity (Wildman–Crippen MR) is 102 cm³/mol. The van der Waals surface area contributed by atoms with Crippen LogP contribution in [0.25, 0.3) is 6.08 Å². The van der Waals surface area contributed by atoms with Crippen LogP contribution in [-0.4, -0.2) is 0 Å². The maximum Gasteiger partial charge on any atom is 0.0585 e. The minimum absolute atomic E-state index is 0.160. The van der Waals surface area contributed by atoms with Crippen molar-refractivity contribution in [1.29, 1.82) is 0 Å². The standard InChI is InChI=1S/C21H33Cl/c1-3-5-6-7-8-9-10-11-12-13-14-21(22)20-17-15-19(4-2)16-18-20/h4,15-18,21H,2-3,5-14H2,1H3. The molecule has 1 rings (SSSR count). The van der Waals surface area contributed by atoms with E-state index in [-0.39, 0.29) is 5.38 Å². The van der Waals surface area contributed by atoms with E-state index in [1.54, 1.807) is 0 Å². The Morgan fingerprint density at radius 3 is 1.86 bits per heavy atom. The number of rotatable bonds is 13. The lowest BCUT2D eigenvalue weighted by atomic mass is 10.0. The highest BCUT2D eigenvalue weighted by molar-refractivity contribution is 6.20. The number of hydrogen-bond donors (Lipinski definition) is 0. The summed E-state index contributed by atoms with van der Waals surface area (Å²) >= 11 is 6.49. The maximum absolute atomic E-state index is 6.49. The molecule has 0 heterocycles. The normalized spacial score (nSPS) is 12.3. The lowest BCUT2D eigenvalue weighted by molar-refractivity contribution is 0.547. The van der Waals surface area contributed by atoms with E-state index in [1.165, 1.54) is 69.8 Å². The van der Waals surface area contributed by atoms with Crippen LogP contribution in [0.2, 0.25) is 0 Å². The van der Waals surface area contributed by atoms with Gasteiger partial charge in [0, 0.05) is 0 Å². The van der Waals surface area contributed by atoms with Crippen LogP contribution in [0, 0.1) is 0 Å². The number of benzene rings is 1. The summed E-state index contributed by atoms with van der Waals surface area (Å²) < 4.78 is 0. The van der Waals surface area contributed by atoms with Gasteiger partial charge in [0.05, 0.1) is 5.38 Å². The molecule has 0 spiro atoms. The van der Waals surface area contributed by atoms with Gasteiger partial charge in [-0.25, -0.2) is 0 Å². The lowest BCUT2D eigenvalue weighted by Gasteiger charge is -2.10. The largest absolute Gasteiger partial charge is 0.118 e. The summed E-state index contributed by atoms with van der Waals surface area (Å²) in [7, 11) is 0. The molecular weight excluding hydrogens is 288 g/mol. The Morgan fingerprint density at radius 1 is 0.864 bits per heavy atom. The highest BCUT2D eigenvalue weighted by Gasteiger charge is 2.07. The molecule has 0 radical (unpaired) electrons. The molecule has 1 aromatic carbocycles. The van der Waals surface area contributed by atoms with Crippen molar-refractivity contribution < 1.29 is 0 Å². The summed E-state index contributed by atoms with van der Waals surface area (Å²) in [6.07, 6.45) is 16.7. The first-order valence-electron chi connectivity index (χ1n) is 9.14. The third-order valence-electron chi connectivity index (χ3n) is 4.34. The summed E-state index contributed by atoms with van der Waals surface area (Å²) in [5.74, 6) is 0. The SMILES string of the molecule is C=Cc1ccc(C(Cl)CCCCCCCCCCCC)cc1. The van der Waals surface area contributed by atoms with E-state index in [9.17, 15) is 0 Å². The number of halogens is 1. The zero-order chi connectivity index (χ0) is 16.0. The fourth-order valence-corrected chi connectivity index (χ4v) is 3.12. The van der Waals surface area contributed by atoms with E-state index in [0.29, 0.717) is 0 Å². The van der Waals surface area contributed by atoms with Gasteiger partial charge in [-0.3, -0.25) is 0 Å². The van der Waals surface area contributed by atoms with Crippen LogP contribution < -0.4 is 0 Å². The number of alkyl halides is 1. The Bertz CT molecular complexity index is 379. The molecule has 22 heavy (non-hydrogen) atoms. The molecule has 124 valence electrons. The molecule has 0 saturated heterocycles. The molecule has 0 aromatic heterocycles. The average Bonchev–Trinajstić information content (AvgIpc) is 2.56. The second kappa shape index (κ2) is 12.8.